The summed E-state index contributed by atoms with van der Waals surface area (Å²) in [6.45, 7) is 0.835. The molecule has 0 unspecified atom stereocenters. The van der Waals surface area contributed by atoms with Crippen molar-refractivity contribution in [3.05, 3.63) is 29.2 Å². The number of oxime groups is 1. The first-order valence-corrected chi connectivity index (χ1v) is 12.0. The van der Waals surface area contributed by atoms with Gasteiger partial charge in [-0.2, -0.15) is 18.8 Å². The summed E-state index contributed by atoms with van der Waals surface area (Å²) in [6, 6.07) is -0.966. The van der Waals surface area contributed by atoms with E-state index in [0.29, 0.717) is 16.0 Å². The average Bonchev–Trinajstić information content (AvgIpc) is 3.37. The van der Waals surface area contributed by atoms with Crippen LogP contribution in [0.15, 0.2) is 28.6 Å². The van der Waals surface area contributed by atoms with Crippen LogP contribution in [0.25, 0.3) is 0 Å². The molecule has 13 nitrogen and oxygen atoms in total. The van der Waals surface area contributed by atoms with E-state index < -0.39 is 29.2 Å². The predicted molar refractivity (Wildman–Crippen MR) is 121 cm³/mol. The van der Waals surface area contributed by atoms with Crippen LogP contribution < -0.4 is 16.2 Å². The van der Waals surface area contributed by atoms with E-state index in [-0.39, 0.29) is 28.5 Å². The van der Waals surface area contributed by atoms with E-state index in [1.807, 2.05) is 14.1 Å². The summed E-state index contributed by atoms with van der Waals surface area (Å²) in [6.07, 6.45) is 4.12. The summed E-state index contributed by atoms with van der Waals surface area (Å²) in [5.41, 5.74) is 5.56. The number of carbonyl (C=O) groups excluding carboxylic acids is 3. The second-order valence-corrected chi connectivity index (χ2v) is 10.1. The van der Waals surface area contributed by atoms with E-state index >= 15 is 0 Å². The summed E-state index contributed by atoms with van der Waals surface area (Å²) in [5, 5.41) is 17.6. The van der Waals surface area contributed by atoms with Crippen LogP contribution in [0.3, 0.4) is 0 Å². The van der Waals surface area contributed by atoms with Crippen LogP contribution >= 0.6 is 23.3 Å². The van der Waals surface area contributed by atoms with Gasteiger partial charge in [-0.1, -0.05) is 11.2 Å². The van der Waals surface area contributed by atoms with Gasteiger partial charge in [0.15, 0.2) is 5.13 Å². The highest BCUT2D eigenvalue weighted by Crippen LogP contribution is 2.40. The molecule has 0 bridgehead atoms. The van der Waals surface area contributed by atoms with Crippen LogP contribution in [0, 0.1) is 0 Å². The van der Waals surface area contributed by atoms with Gasteiger partial charge in [0.2, 0.25) is 11.5 Å². The highest BCUT2D eigenvalue weighted by atomic mass is 32.2. The van der Waals surface area contributed by atoms with Crippen LogP contribution in [0.2, 0.25) is 0 Å². The quantitative estimate of drug-likeness (QED) is 0.185. The lowest BCUT2D eigenvalue weighted by molar-refractivity contribution is -1.06. The zero-order chi connectivity index (χ0) is 24.6. The van der Waals surface area contributed by atoms with E-state index in [9.17, 15) is 19.5 Å². The normalized spacial score (nSPS) is 26.4. The molecule has 15 heteroatoms. The number of hydrogen-bond acceptors (Lipinski definition) is 12. The van der Waals surface area contributed by atoms with Gasteiger partial charge < -0.3 is 25.8 Å². The monoisotopic (exact) mass is 509 g/mol. The van der Waals surface area contributed by atoms with E-state index in [2.05, 4.69) is 19.8 Å². The molecular formula is C19H23N7O6S2. The molecule has 2 fully saturated rings. The Labute approximate surface area is 203 Å². The second-order valence-electron chi connectivity index (χ2n) is 8.19. The number of anilines is 1. The van der Waals surface area contributed by atoms with E-state index in [1.54, 1.807) is 12.2 Å². The van der Waals surface area contributed by atoms with Gasteiger partial charge in [0.25, 0.3) is 11.8 Å². The predicted octanol–water partition coefficient (Wildman–Crippen LogP) is -1.79. The number of nitrogen functional groups attached to an aromatic ring is 1. The number of hydroxylamine groups is 3. The number of nitrogens with two attached hydrogens (primary N) is 1. The number of aliphatic carboxylic acids is 1. The molecule has 4 rings (SSSR count). The molecule has 3 atom stereocenters. The van der Waals surface area contributed by atoms with E-state index in [4.69, 9.17) is 15.4 Å². The number of nitrogens with one attached hydrogen (secondary N) is 1. The fourth-order valence-electron chi connectivity index (χ4n) is 3.84. The minimum atomic E-state index is -1.46. The molecule has 34 heavy (non-hydrogen) atoms. The van der Waals surface area contributed by atoms with Crippen LogP contribution in [-0.4, -0.2) is 93.4 Å². The first-order chi connectivity index (χ1) is 16.1. The van der Waals surface area contributed by atoms with Crippen molar-refractivity contribution in [1.29, 1.82) is 0 Å². The smallest absolute Gasteiger partial charge is 0.278 e. The zero-order valence-corrected chi connectivity index (χ0v) is 20.2. The Morgan fingerprint density at radius 2 is 2.21 bits per heavy atom. The molecule has 1 aromatic rings. The standard InChI is InChI=1S/C19H23N7O6S2/c1-26(2)7-6-10(32-26)5-4-9-8-33-17-12(16(28)25(17)13(9)18(29)30)21-15(27)11(23-31-3)14-22-19(20)34-24-14/h4-5,10,12,17H,6-8H2,1-3H3,(H3-,20,21,22,24,27,29,30)/b5-4+,23-11-/t10-,12-,17-/m1/s1. The number of amides is 2. The molecule has 0 saturated carbocycles. The Balaban J connectivity index is 1.49. The van der Waals surface area contributed by atoms with Gasteiger partial charge in [-0.3, -0.25) is 14.5 Å². The second kappa shape index (κ2) is 9.32. The highest BCUT2D eigenvalue weighted by molar-refractivity contribution is 8.00. The lowest BCUT2D eigenvalue weighted by atomic mass is 10.0. The number of β-lactam (4-membered cyclic amide) rings is 1. The fraction of sp³-hybridized carbons (Fsp3) is 0.474. The van der Waals surface area contributed by atoms with Crippen LogP contribution in [-0.2, 0) is 24.1 Å². The SMILES string of the molecule is CO/N=C(\C(=O)N[C@@H]1C(=O)N2C(C(=O)[O-])=C(/C=C/[C@@H]3CC[N+](C)(C)O3)CS[C@H]12)c1nsc(N)n1. The van der Waals surface area contributed by atoms with E-state index in [0.717, 1.165) is 29.4 Å². The third-order valence-electron chi connectivity index (χ3n) is 5.41. The highest BCUT2D eigenvalue weighted by Gasteiger charge is 2.53. The van der Waals surface area contributed by atoms with Gasteiger partial charge in [-0.15, -0.1) is 11.8 Å². The van der Waals surface area contributed by atoms with E-state index in [1.165, 1.54) is 18.9 Å². The van der Waals surface area contributed by atoms with Crippen molar-refractivity contribution in [1.82, 2.24) is 19.6 Å². The zero-order valence-electron chi connectivity index (χ0n) is 18.6. The summed E-state index contributed by atoms with van der Waals surface area (Å²) >= 11 is 2.21. The average molecular weight is 510 g/mol. The number of carboxylic acids is 1. The van der Waals surface area contributed by atoms with Crippen molar-refractivity contribution in [2.24, 2.45) is 5.16 Å². The topological polar surface area (TPSA) is 172 Å². The molecule has 3 aliphatic heterocycles. The van der Waals surface area contributed by atoms with Gasteiger partial charge in [0, 0.05) is 23.7 Å². The molecule has 0 aliphatic carbocycles. The van der Waals surface area contributed by atoms with Crippen molar-refractivity contribution >= 4 is 51.9 Å². The number of quaternary nitrogens is 1. The third-order valence-corrected chi connectivity index (χ3v) is 7.26. The maximum Gasteiger partial charge on any atom is 0.278 e. The Morgan fingerprint density at radius 1 is 1.44 bits per heavy atom. The minimum Gasteiger partial charge on any atom is -0.543 e. The molecule has 1 aromatic heterocycles. The van der Waals surface area contributed by atoms with Crippen molar-refractivity contribution in [2.45, 2.75) is 23.9 Å². The number of carboxylic acid groups (broad SMARTS) is 1. The van der Waals surface area contributed by atoms with Crippen molar-refractivity contribution in [3.63, 3.8) is 0 Å². The van der Waals surface area contributed by atoms with Crippen LogP contribution in [0.4, 0.5) is 5.13 Å². The summed E-state index contributed by atoms with van der Waals surface area (Å²) in [7, 11) is 5.13. The summed E-state index contributed by atoms with van der Waals surface area (Å²) in [4.78, 5) is 53.1. The Bertz CT molecular complexity index is 1110. The fourth-order valence-corrected chi connectivity index (χ4v) is 5.59. The van der Waals surface area contributed by atoms with Crippen molar-refractivity contribution < 1.29 is 33.8 Å². The molecule has 3 N–H and O–H groups in total. The number of carbonyl (C=O) groups is 3. The molecule has 4 heterocycles. The summed E-state index contributed by atoms with van der Waals surface area (Å²) in [5.74, 6) is -2.51. The summed E-state index contributed by atoms with van der Waals surface area (Å²) < 4.78 is 4.35. The van der Waals surface area contributed by atoms with Crippen molar-refractivity contribution in [2.75, 3.05) is 39.2 Å². The Kier molecular flexibility index (Phi) is 6.62. The van der Waals surface area contributed by atoms with Gasteiger partial charge in [-0.25, -0.2) is 0 Å². The Hall–Kier alpha value is -3.01. The number of allylic oxidation sites excluding steroid dienone is 1. The lowest BCUT2D eigenvalue weighted by Gasteiger charge is -2.50. The number of thioether (sulfide) groups is 1. The number of hydrogen-bond donors (Lipinski definition) is 2. The number of rotatable bonds is 7. The first kappa shape index (κ1) is 24.1. The van der Waals surface area contributed by atoms with Gasteiger partial charge in [-0.05, 0) is 11.6 Å². The Morgan fingerprint density at radius 3 is 2.79 bits per heavy atom. The molecule has 2 amide bonds. The number of nitrogens with zero attached hydrogens (tertiary/aromatic N) is 5. The number of fused-ring (bicyclic) bond motifs is 1. The molecule has 0 radical (unpaired) electrons. The van der Waals surface area contributed by atoms with Crippen LogP contribution in [0.1, 0.15) is 12.2 Å². The largest absolute Gasteiger partial charge is 0.543 e. The molecule has 0 spiro atoms. The van der Waals surface area contributed by atoms with Gasteiger partial charge >= 0.3 is 0 Å². The maximum absolute atomic E-state index is 12.9. The molecule has 182 valence electrons. The molecule has 2 saturated heterocycles. The van der Waals surface area contributed by atoms with Crippen LogP contribution in [0.5, 0.6) is 0 Å². The van der Waals surface area contributed by atoms with Crippen molar-refractivity contribution in [3.8, 4) is 0 Å². The minimum absolute atomic E-state index is 0.0412. The number of aromatic nitrogens is 2. The van der Waals surface area contributed by atoms with Gasteiger partial charge in [0.1, 0.15) is 31.2 Å². The molecule has 3 aliphatic rings. The third kappa shape index (κ3) is 4.64. The van der Waals surface area contributed by atoms with Gasteiger partial charge in [0.05, 0.1) is 25.8 Å². The first-order valence-electron chi connectivity index (χ1n) is 10.2. The lowest BCUT2D eigenvalue weighted by Crippen LogP contribution is -2.71. The maximum atomic E-state index is 12.9. The molecule has 0 aromatic carbocycles. The molecular weight excluding hydrogens is 486 g/mol.